The Morgan fingerprint density at radius 3 is 2.45 bits per heavy atom. The third-order valence-electron chi connectivity index (χ3n) is 3.42. The van der Waals surface area contributed by atoms with Crippen molar-refractivity contribution in [1.82, 2.24) is 5.32 Å². The van der Waals surface area contributed by atoms with Gasteiger partial charge in [0.1, 0.15) is 24.4 Å². The van der Waals surface area contributed by atoms with Crippen LogP contribution in [0.5, 0.6) is 0 Å². The maximum atomic E-state index is 11.9. The van der Waals surface area contributed by atoms with Crippen LogP contribution in [0.15, 0.2) is 0 Å². The minimum atomic E-state index is -1.20. The molecular weight excluding hydrogens is 298 g/mol. The van der Waals surface area contributed by atoms with E-state index in [-0.39, 0.29) is 6.42 Å². The third-order valence-corrected chi connectivity index (χ3v) is 3.42. The number of primary amides is 1. The van der Waals surface area contributed by atoms with E-state index >= 15 is 0 Å². The number of rotatable bonds is 7. The third kappa shape index (κ3) is 4.35. The summed E-state index contributed by atoms with van der Waals surface area (Å²) in [4.78, 5) is 22.7. The zero-order valence-electron chi connectivity index (χ0n) is 12.5. The average Bonchev–Trinajstić information content (AvgIpc) is 2.47. The monoisotopic (exact) mass is 321 g/mol. The van der Waals surface area contributed by atoms with Crippen LogP contribution in [-0.2, 0) is 23.8 Å². The number of hydrogen-bond acceptors (Lipinski definition) is 8. The smallest absolute Gasteiger partial charge is 0.237 e. The van der Waals surface area contributed by atoms with Gasteiger partial charge >= 0.3 is 0 Å². The van der Waals surface area contributed by atoms with Crippen molar-refractivity contribution in [3.8, 4) is 0 Å². The Balaban J connectivity index is 2.81. The fourth-order valence-electron chi connectivity index (χ4n) is 2.29. The first-order valence-electron chi connectivity index (χ1n) is 6.69. The van der Waals surface area contributed by atoms with E-state index in [9.17, 15) is 19.8 Å². The van der Waals surface area contributed by atoms with Crippen LogP contribution in [0.1, 0.15) is 6.42 Å². The Labute approximate surface area is 127 Å². The van der Waals surface area contributed by atoms with Gasteiger partial charge in [0, 0.05) is 14.2 Å². The highest BCUT2D eigenvalue weighted by atomic mass is 16.7. The summed E-state index contributed by atoms with van der Waals surface area (Å²) in [6.45, 7) is -0.392. The van der Waals surface area contributed by atoms with E-state index in [0.717, 1.165) is 0 Å². The highest BCUT2D eigenvalue weighted by Crippen LogP contribution is 2.23. The molecule has 1 saturated heterocycles. The number of carbonyl (C=O) groups excluding carboxylic acids is 2. The van der Waals surface area contributed by atoms with Crippen LogP contribution in [0.2, 0.25) is 0 Å². The van der Waals surface area contributed by atoms with Crippen molar-refractivity contribution < 1.29 is 34.0 Å². The second-order valence-corrected chi connectivity index (χ2v) is 4.96. The summed E-state index contributed by atoms with van der Waals surface area (Å²) in [7, 11) is 2.66. The minimum Gasteiger partial charge on any atom is -0.394 e. The van der Waals surface area contributed by atoms with Gasteiger partial charge in [0.15, 0.2) is 6.29 Å². The van der Waals surface area contributed by atoms with Crippen molar-refractivity contribution in [2.45, 2.75) is 43.1 Å². The first-order chi connectivity index (χ1) is 10.3. The van der Waals surface area contributed by atoms with Gasteiger partial charge in [-0.25, -0.2) is 0 Å². The van der Waals surface area contributed by atoms with E-state index < -0.39 is 55.1 Å². The molecule has 1 aliphatic heterocycles. The number of nitrogens with one attached hydrogen (secondary N) is 1. The normalized spacial score (nSPS) is 33.2. The largest absolute Gasteiger partial charge is 0.394 e. The lowest BCUT2D eigenvalue weighted by Gasteiger charge is -2.43. The molecule has 0 aromatic rings. The lowest BCUT2D eigenvalue weighted by atomic mass is 9.96. The molecule has 0 aromatic carbocycles. The molecule has 10 nitrogen and oxygen atoms in total. The van der Waals surface area contributed by atoms with Gasteiger partial charge in [0.25, 0.3) is 0 Å². The molecule has 22 heavy (non-hydrogen) atoms. The number of methoxy groups -OCH3 is 2. The fourth-order valence-corrected chi connectivity index (χ4v) is 2.29. The SMILES string of the molecule is CO[C@@H]1OC(CO)[C@@H](OC)[C@H](O)C1NC(=O)C(N)CC(N)=O. The number of amides is 2. The number of aliphatic hydroxyl groups is 2. The molecule has 0 bridgehead atoms. The quantitative estimate of drug-likeness (QED) is 0.321. The van der Waals surface area contributed by atoms with Crippen LogP contribution in [-0.4, -0.2) is 79.5 Å². The van der Waals surface area contributed by atoms with Crippen molar-refractivity contribution in [3.05, 3.63) is 0 Å². The molecule has 0 aliphatic carbocycles. The number of nitrogens with two attached hydrogens (primary N) is 2. The van der Waals surface area contributed by atoms with Gasteiger partial charge in [-0.15, -0.1) is 0 Å². The van der Waals surface area contributed by atoms with Crippen LogP contribution in [0, 0.1) is 0 Å². The molecule has 0 radical (unpaired) electrons. The molecule has 0 saturated carbocycles. The zero-order chi connectivity index (χ0) is 16.9. The van der Waals surface area contributed by atoms with Gasteiger partial charge in [-0.2, -0.15) is 0 Å². The molecule has 10 heteroatoms. The molecule has 0 aromatic heterocycles. The Bertz CT molecular complexity index is 395. The maximum Gasteiger partial charge on any atom is 0.237 e. The molecule has 3 unspecified atom stereocenters. The summed E-state index contributed by atoms with van der Waals surface area (Å²) in [6.07, 6.45) is -4.22. The lowest BCUT2D eigenvalue weighted by molar-refractivity contribution is -0.267. The maximum absolute atomic E-state index is 11.9. The second-order valence-electron chi connectivity index (χ2n) is 4.96. The Kier molecular flexibility index (Phi) is 7.13. The molecule has 1 fully saturated rings. The molecule has 2 amide bonds. The van der Waals surface area contributed by atoms with Crippen LogP contribution in [0.4, 0.5) is 0 Å². The van der Waals surface area contributed by atoms with Gasteiger partial charge in [-0.05, 0) is 0 Å². The topological polar surface area (TPSA) is 166 Å². The summed E-state index contributed by atoms with van der Waals surface area (Å²) in [5.74, 6) is -1.41. The number of hydrogen-bond donors (Lipinski definition) is 5. The lowest BCUT2D eigenvalue weighted by Crippen LogP contribution is -2.66. The molecular formula is C12H23N3O7. The summed E-state index contributed by atoms with van der Waals surface area (Å²) in [6, 6.07) is -2.14. The number of carbonyl (C=O) groups is 2. The number of ether oxygens (including phenoxy) is 3. The molecule has 1 aliphatic rings. The molecule has 128 valence electrons. The van der Waals surface area contributed by atoms with Crippen molar-refractivity contribution >= 4 is 11.8 Å². The second kappa shape index (κ2) is 8.36. The predicted molar refractivity (Wildman–Crippen MR) is 73.3 cm³/mol. The molecule has 0 spiro atoms. The average molecular weight is 321 g/mol. The van der Waals surface area contributed by atoms with E-state index in [0.29, 0.717) is 0 Å². The van der Waals surface area contributed by atoms with E-state index in [4.69, 9.17) is 25.7 Å². The van der Waals surface area contributed by atoms with E-state index in [1.54, 1.807) is 0 Å². The summed E-state index contributed by atoms with van der Waals surface area (Å²) < 4.78 is 15.6. The molecule has 7 N–H and O–H groups in total. The fraction of sp³-hybridized carbons (Fsp3) is 0.833. The van der Waals surface area contributed by atoms with Crippen LogP contribution >= 0.6 is 0 Å². The van der Waals surface area contributed by atoms with Crippen LogP contribution in [0.25, 0.3) is 0 Å². The number of aliphatic hydroxyl groups excluding tert-OH is 2. The van der Waals surface area contributed by atoms with Gasteiger partial charge in [0.05, 0.1) is 19.1 Å². The molecule has 1 heterocycles. The standard InChI is InChI=1S/C12H23N3O7/c1-20-10-6(4-16)22-12(21-2)8(9(10)18)15-11(19)5(13)3-7(14)17/h5-6,8-10,12,16,18H,3-4,13H2,1-2H3,(H2,14,17)(H,15,19)/t5?,6?,8?,9-,10-,12-/m1/s1. The minimum absolute atomic E-state index is 0.333. The van der Waals surface area contributed by atoms with Gasteiger partial charge in [-0.1, -0.05) is 0 Å². The molecule has 1 rings (SSSR count). The predicted octanol–water partition coefficient (Wildman–Crippen LogP) is -3.59. The zero-order valence-corrected chi connectivity index (χ0v) is 12.5. The molecule has 6 atom stereocenters. The van der Waals surface area contributed by atoms with Crippen molar-refractivity contribution in [2.24, 2.45) is 11.5 Å². The van der Waals surface area contributed by atoms with Crippen LogP contribution < -0.4 is 16.8 Å². The highest BCUT2D eigenvalue weighted by Gasteiger charge is 2.46. The van der Waals surface area contributed by atoms with Gasteiger partial charge < -0.3 is 41.2 Å². The van der Waals surface area contributed by atoms with E-state index in [1.165, 1.54) is 14.2 Å². The van der Waals surface area contributed by atoms with E-state index in [1.807, 2.05) is 0 Å². The van der Waals surface area contributed by atoms with E-state index in [2.05, 4.69) is 5.32 Å². The first-order valence-corrected chi connectivity index (χ1v) is 6.69. The summed E-state index contributed by atoms with van der Waals surface area (Å²) in [5.41, 5.74) is 10.5. The highest BCUT2D eigenvalue weighted by molar-refractivity contribution is 5.87. The first kappa shape index (κ1) is 18.7. The summed E-state index contributed by atoms with van der Waals surface area (Å²) >= 11 is 0. The van der Waals surface area contributed by atoms with Crippen molar-refractivity contribution in [3.63, 3.8) is 0 Å². The van der Waals surface area contributed by atoms with Crippen molar-refractivity contribution in [1.29, 1.82) is 0 Å². The Hall–Kier alpha value is -1.30. The van der Waals surface area contributed by atoms with Gasteiger partial charge in [-0.3, -0.25) is 9.59 Å². The Morgan fingerprint density at radius 2 is 2.00 bits per heavy atom. The van der Waals surface area contributed by atoms with Gasteiger partial charge in [0.2, 0.25) is 11.8 Å². The Morgan fingerprint density at radius 1 is 1.36 bits per heavy atom. The summed E-state index contributed by atoms with van der Waals surface area (Å²) in [5, 5.41) is 22.0. The van der Waals surface area contributed by atoms with Crippen LogP contribution in [0.3, 0.4) is 0 Å². The van der Waals surface area contributed by atoms with Crippen molar-refractivity contribution in [2.75, 3.05) is 20.8 Å².